The number of nitrogens with one attached hydrogen (secondary N) is 1. The van der Waals surface area contributed by atoms with E-state index in [2.05, 4.69) is 5.32 Å². The van der Waals surface area contributed by atoms with E-state index < -0.39 is 0 Å². The maximum atomic E-state index is 12.8. The van der Waals surface area contributed by atoms with Gasteiger partial charge in [-0.05, 0) is 62.4 Å². The Kier molecular flexibility index (Phi) is 8.99. The number of nitrogen functional groups attached to an aromatic ring is 1. The summed E-state index contributed by atoms with van der Waals surface area (Å²) < 4.78 is 5.64. The standard InChI is InChI=1S/C23H29N3O3.ClH/c1-2-29-21-12-10-18(23(28)26-14-6-3-7-15-26)16-20(21)25-22(27)13-11-17-8-4-5-9-19(17)24;/h4-5,8-10,12,16H,2-3,6-7,11,13-15,24H2,1H3,(H,25,27);1H. The first kappa shape index (κ1) is 23.5. The second-order valence-electron chi connectivity index (χ2n) is 7.24. The van der Waals surface area contributed by atoms with Crippen molar-refractivity contribution in [2.45, 2.75) is 39.0 Å². The van der Waals surface area contributed by atoms with Gasteiger partial charge >= 0.3 is 0 Å². The Morgan fingerprint density at radius 2 is 1.83 bits per heavy atom. The molecular formula is C23H30ClN3O3. The number of halogens is 1. The van der Waals surface area contributed by atoms with Crippen molar-refractivity contribution in [3.8, 4) is 5.75 Å². The van der Waals surface area contributed by atoms with Gasteiger partial charge in [-0.1, -0.05) is 18.2 Å². The van der Waals surface area contributed by atoms with E-state index in [0.29, 0.717) is 42.1 Å². The number of nitrogens with zero attached hydrogens (tertiary/aromatic N) is 1. The number of nitrogens with two attached hydrogens (primary N) is 1. The van der Waals surface area contributed by atoms with Crippen molar-refractivity contribution in [2.24, 2.45) is 0 Å². The maximum Gasteiger partial charge on any atom is 0.253 e. The van der Waals surface area contributed by atoms with Gasteiger partial charge < -0.3 is 20.7 Å². The van der Waals surface area contributed by atoms with Gasteiger partial charge in [0.1, 0.15) is 5.75 Å². The lowest BCUT2D eigenvalue weighted by molar-refractivity contribution is -0.116. The number of para-hydroxylation sites is 1. The molecule has 6 nitrogen and oxygen atoms in total. The highest BCUT2D eigenvalue weighted by Gasteiger charge is 2.20. The number of amides is 2. The van der Waals surface area contributed by atoms with Crippen molar-refractivity contribution in [2.75, 3.05) is 30.7 Å². The first-order chi connectivity index (χ1) is 14.1. The third-order valence-electron chi connectivity index (χ3n) is 5.12. The summed E-state index contributed by atoms with van der Waals surface area (Å²) in [5, 5.41) is 2.91. The molecule has 7 heteroatoms. The van der Waals surface area contributed by atoms with Crippen molar-refractivity contribution in [1.82, 2.24) is 4.90 Å². The van der Waals surface area contributed by atoms with Crippen LogP contribution in [0, 0.1) is 0 Å². The summed E-state index contributed by atoms with van der Waals surface area (Å²) >= 11 is 0. The van der Waals surface area contributed by atoms with Crippen LogP contribution < -0.4 is 15.8 Å². The van der Waals surface area contributed by atoms with Crippen LogP contribution >= 0.6 is 12.4 Å². The summed E-state index contributed by atoms with van der Waals surface area (Å²) in [5.41, 5.74) is 8.68. The van der Waals surface area contributed by atoms with Gasteiger partial charge in [0.15, 0.2) is 0 Å². The lowest BCUT2D eigenvalue weighted by atomic mass is 10.1. The minimum Gasteiger partial charge on any atom is -0.492 e. The molecule has 3 rings (SSSR count). The summed E-state index contributed by atoms with van der Waals surface area (Å²) in [6.07, 6.45) is 4.09. The summed E-state index contributed by atoms with van der Waals surface area (Å²) in [6.45, 7) is 3.93. The Hall–Kier alpha value is -2.73. The fraction of sp³-hybridized carbons (Fsp3) is 0.391. The molecule has 0 atom stereocenters. The van der Waals surface area contributed by atoms with E-state index in [9.17, 15) is 9.59 Å². The molecule has 1 saturated heterocycles. The van der Waals surface area contributed by atoms with Crippen molar-refractivity contribution in [1.29, 1.82) is 0 Å². The highest BCUT2D eigenvalue weighted by molar-refractivity contribution is 5.98. The molecule has 2 aromatic rings. The SMILES string of the molecule is CCOc1ccc(C(=O)N2CCCCC2)cc1NC(=O)CCc1ccccc1N.Cl. The van der Waals surface area contributed by atoms with Gasteiger partial charge in [-0.3, -0.25) is 9.59 Å². The molecule has 3 N–H and O–H groups in total. The molecule has 1 heterocycles. The summed E-state index contributed by atoms with van der Waals surface area (Å²) in [5.74, 6) is 0.423. The molecule has 0 aromatic heterocycles. The molecular weight excluding hydrogens is 402 g/mol. The Balaban J connectivity index is 0.00000320. The number of carbonyl (C=O) groups excluding carboxylic acids is 2. The van der Waals surface area contributed by atoms with Gasteiger partial charge in [0.05, 0.1) is 12.3 Å². The normalized spacial score (nSPS) is 13.3. The van der Waals surface area contributed by atoms with Crippen LogP contribution in [0.25, 0.3) is 0 Å². The van der Waals surface area contributed by atoms with Gasteiger partial charge in [0.25, 0.3) is 5.91 Å². The number of piperidine rings is 1. The fourth-order valence-corrected chi connectivity index (χ4v) is 3.54. The van der Waals surface area contributed by atoms with Crippen LogP contribution in [-0.2, 0) is 11.2 Å². The number of hydrogen-bond acceptors (Lipinski definition) is 4. The van der Waals surface area contributed by atoms with Crippen molar-refractivity contribution < 1.29 is 14.3 Å². The number of benzene rings is 2. The zero-order valence-electron chi connectivity index (χ0n) is 17.4. The number of anilines is 2. The van der Waals surface area contributed by atoms with E-state index in [-0.39, 0.29) is 24.2 Å². The maximum absolute atomic E-state index is 12.8. The predicted molar refractivity (Wildman–Crippen MR) is 122 cm³/mol. The van der Waals surface area contributed by atoms with Gasteiger partial charge in [-0.15, -0.1) is 12.4 Å². The summed E-state index contributed by atoms with van der Waals surface area (Å²) in [6, 6.07) is 12.8. The second kappa shape index (κ2) is 11.5. The minimum atomic E-state index is -0.142. The van der Waals surface area contributed by atoms with Gasteiger partial charge in [-0.2, -0.15) is 0 Å². The molecule has 162 valence electrons. The topological polar surface area (TPSA) is 84.7 Å². The van der Waals surface area contributed by atoms with E-state index in [0.717, 1.165) is 31.5 Å². The molecule has 0 unspecified atom stereocenters. The fourth-order valence-electron chi connectivity index (χ4n) is 3.54. The number of hydrogen-bond donors (Lipinski definition) is 2. The Labute approximate surface area is 184 Å². The average Bonchev–Trinajstić information content (AvgIpc) is 2.74. The minimum absolute atomic E-state index is 0. The van der Waals surface area contributed by atoms with E-state index in [1.807, 2.05) is 36.1 Å². The van der Waals surface area contributed by atoms with Crippen LogP contribution in [0.3, 0.4) is 0 Å². The Bertz CT molecular complexity index is 867. The third-order valence-corrected chi connectivity index (χ3v) is 5.12. The summed E-state index contributed by atoms with van der Waals surface area (Å²) in [4.78, 5) is 27.2. The second-order valence-corrected chi connectivity index (χ2v) is 7.24. The van der Waals surface area contributed by atoms with Gasteiger partial charge in [0.2, 0.25) is 5.91 Å². The molecule has 2 aromatic carbocycles. The molecule has 30 heavy (non-hydrogen) atoms. The first-order valence-corrected chi connectivity index (χ1v) is 10.3. The zero-order valence-corrected chi connectivity index (χ0v) is 18.2. The Morgan fingerprint density at radius 1 is 1.10 bits per heavy atom. The lowest BCUT2D eigenvalue weighted by Gasteiger charge is -2.27. The Morgan fingerprint density at radius 3 is 2.53 bits per heavy atom. The first-order valence-electron chi connectivity index (χ1n) is 10.3. The van der Waals surface area contributed by atoms with Crippen LogP contribution in [0.1, 0.15) is 48.5 Å². The lowest BCUT2D eigenvalue weighted by Crippen LogP contribution is -2.35. The van der Waals surface area contributed by atoms with Crippen LogP contribution in [0.2, 0.25) is 0 Å². The molecule has 0 saturated carbocycles. The average molecular weight is 432 g/mol. The van der Waals surface area contributed by atoms with Crippen LogP contribution in [0.4, 0.5) is 11.4 Å². The molecule has 0 bridgehead atoms. The highest BCUT2D eigenvalue weighted by Crippen LogP contribution is 2.27. The number of rotatable bonds is 7. The zero-order chi connectivity index (χ0) is 20.6. The predicted octanol–water partition coefficient (Wildman–Crippen LogP) is 4.29. The van der Waals surface area contributed by atoms with E-state index in [1.54, 1.807) is 18.2 Å². The third kappa shape index (κ3) is 6.13. The van der Waals surface area contributed by atoms with Gasteiger partial charge in [-0.25, -0.2) is 0 Å². The monoisotopic (exact) mass is 431 g/mol. The van der Waals surface area contributed by atoms with E-state index in [4.69, 9.17) is 10.5 Å². The molecule has 2 amide bonds. The van der Waals surface area contributed by atoms with E-state index in [1.165, 1.54) is 6.42 Å². The number of aryl methyl sites for hydroxylation is 1. The van der Waals surface area contributed by atoms with Crippen LogP contribution in [0.5, 0.6) is 5.75 Å². The molecule has 1 fully saturated rings. The van der Waals surface area contributed by atoms with Crippen LogP contribution in [0.15, 0.2) is 42.5 Å². The van der Waals surface area contributed by atoms with Crippen molar-refractivity contribution >= 4 is 35.6 Å². The number of likely N-dealkylation sites (tertiary alicyclic amines) is 1. The van der Waals surface area contributed by atoms with Crippen molar-refractivity contribution in [3.63, 3.8) is 0 Å². The molecule has 1 aliphatic rings. The van der Waals surface area contributed by atoms with Crippen LogP contribution in [-0.4, -0.2) is 36.4 Å². The van der Waals surface area contributed by atoms with Crippen molar-refractivity contribution in [3.05, 3.63) is 53.6 Å². The largest absolute Gasteiger partial charge is 0.492 e. The molecule has 0 spiro atoms. The molecule has 0 aliphatic carbocycles. The number of carbonyl (C=O) groups is 2. The smallest absolute Gasteiger partial charge is 0.253 e. The highest BCUT2D eigenvalue weighted by atomic mass is 35.5. The van der Waals surface area contributed by atoms with E-state index >= 15 is 0 Å². The quantitative estimate of drug-likeness (QED) is 0.640. The number of ether oxygens (including phenoxy) is 1. The molecule has 1 aliphatic heterocycles. The molecule has 0 radical (unpaired) electrons. The van der Waals surface area contributed by atoms with Gasteiger partial charge in [0, 0.05) is 30.8 Å². The summed E-state index contributed by atoms with van der Waals surface area (Å²) in [7, 11) is 0.